The standard InChI is InChI=1S/C13H12Cl2N2O3/c1-7(18)6-17-11(19)13(2,16-12(17)20)9-4-3-8(14)5-10(9)15/h3-5H,6H2,1-2H3,(H,16,20)/t13-/m0/s1. The maximum Gasteiger partial charge on any atom is 0.325 e. The van der Waals surface area contributed by atoms with Crippen LogP contribution in [-0.4, -0.2) is 29.2 Å². The zero-order valence-electron chi connectivity index (χ0n) is 10.9. The lowest BCUT2D eigenvalue weighted by atomic mass is 9.92. The molecule has 1 aliphatic rings. The molecule has 1 saturated heterocycles. The maximum atomic E-state index is 12.4. The van der Waals surface area contributed by atoms with E-state index in [1.54, 1.807) is 19.1 Å². The molecule has 1 fully saturated rings. The highest BCUT2D eigenvalue weighted by atomic mass is 35.5. The maximum absolute atomic E-state index is 12.4. The Morgan fingerprint density at radius 3 is 2.55 bits per heavy atom. The Labute approximate surface area is 125 Å². The Morgan fingerprint density at radius 1 is 1.35 bits per heavy atom. The molecule has 0 bridgehead atoms. The van der Waals surface area contributed by atoms with Crippen molar-refractivity contribution in [1.82, 2.24) is 10.2 Å². The van der Waals surface area contributed by atoms with Crippen LogP contribution in [0.3, 0.4) is 0 Å². The van der Waals surface area contributed by atoms with E-state index >= 15 is 0 Å². The third kappa shape index (κ3) is 2.39. The number of rotatable bonds is 3. The number of hydrogen-bond donors (Lipinski definition) is 1. The molecule has 2 rings (SSSR count). The van der Waals surface area contributed by atoms with Gasteiger partial charge in [-0.15, -0.1) is 0 Å². The summed E-state index contributed by atoms with van der Waals surface area (Å²) < 4.78 is 0. The average molecular weight is 315 g/mol. The van der Waals surface area contributed by atoms with E-state index in [4.69, 9.17) is 23.2 Å². The lowest BCUT2D eigenvalue weighted by Crippen LogP contribution is -2.41. The van der Waals surface area contributed by atoms with Crippen molar-refractivity contribution in [2.24, 2.45) is 0 Å². The number of halogens is 2. The number of amides is 3. The number of imide groups is 1. The first-order valence-electron chi connectivity index (χ1n) is 5.85. The van der Waals surface area contributed by atoms with E-state index in [-0.39, 0.29) is 17.4 Å². The molecule has 0 aromatic heterocycles. The molecule has 20 heavy (non-hydrogen) atoms. The molecule has 0 unspecified atom stereocenters. The van der Waals surface area contributed by atoms with Crippen LogP contribution in [-0.2, 0) is 15.1 Å². The van der Waals surface area contributed by atoms with E-state index in [1.165, 1.54) is 13.0 Å². The van der Waals surface area contributed by atoms with Gasteiger partial charge in [0.2, 0.25) is 0 Å². The molecule has 0 aliphatic carbocycles. The van der Waals surface area contributed by atoms with Crippen molar-refractivity contribution >= 4 is 40.9 Å². The quantitative estimate of drug-likeness (QED) is 0.871. The van der Waals surface area contributed by atoms with Gasteiger partial charge in [0, 0.05) is 15.6 Å². The van der Waals surface area contributed by atoms with Crippen molar-refractivity contribution < 1.29 is 14.4 Å². The summed E-state index contributed by atoms with van der Waals surface area (Å²) in [6.07, 6.45) is 0. The Kier molecular flexibility index (Phi) is 3.75. The van der Waals surface area contributed by atoms with E-state index in [1.807, 2.05) is 0 Å². The molecule has 0 saturated carbocycles. The minimum Gasteiger partial charge on any atom is -0.319 e. The summed E-state index contributed by atoms with van der Waals surface area (Å²) in [4.78, 5) is 36.3. The Balaban J connectivity index is 2.43. The first-order chi connectivity index (χ1) is 9.25. The summed E-state index contributed by atoms with van der Waals surface area (Å²) in [5, 5.41) is 3.28. The Hall–Kier alpha value is -1.59. The predicted molar refractivity (Wildman–Crippen MR) is 74.7 cm³/mol. The SMILES string of the molecule is CC(=O)CN1C(=O)N[C@@](C)(c2ccc(Cl)cc2Cl)C1=O. The van der Waals surface area contributed by atoms with Crippen LogP contribution < -0.4 is 5.32 Å². The fourth-order valence-electron chi connectivity index (χ4n) is 2.14. The minimum absolute atomic E-state index is 0.258. The van der Waals surface area contributed by atoms with Gasteiger partial charge < -0.3 is 5.32 Å². The first kappa shape index (κ1) is 14.8. The average Bonchev–Trinajstić information content (AvgIpc) is 2.53. The number of carbonyl (C=O) groups is 3. The Morgan fingerprint density at radius 2 is 2.00 bits per heavy atom. The molecule has 1 N–H and O–H groups in total. The van der Waals surface area contributed by atoms with Gasteiger partial charge in [0.1, 0.15) is 11.3 Å². The van der Waals surface area contributed by atoms with Crippen molar-refractivity contribution in [3.05, 3.63) is 33.8 Å². The van der Waals surface area contributed by atoms with Crippen molar-refractivity contribution in [3.63, 3.8) is 0 Å². The van der Waals surface area contributed by atoms with Gasteiger partial charge in [-0.05, 0) is 26.0 Å². The molecule has 1 aliphatic heterocycles. The predicted octanol–water partition coefficient (Wildman–Crippen LogP) is 2.35. The molecule has 7 heteroatoms. The van der Waals surface area contributed by atoms with Gasteiger partial charge in [-0.1, -0.05) is 29.3 Å². The summed E-state index contributed by atoms with van der Waals surface area (Å²) in [7, 11) is 0. The number of Topliss-reactive ketones (excluding diaryl/α,β-unsaturated/α-hetero) is 1. The smallest absolute Gasteiger partial charge is 0.319 e. The lowest BCUT2D eigenvalue weighted by molar-refractivity contribution is -0.133. The number of carbonyl (C=O) groups excluding carboxylic acids is 3. The van der Waals surface area contributed by atoms with E-state index in [2.05, 4.69) is 5.32 Å². The van der Waals surface area contributed by atoms with Crippen LogP contribution in [0.4, 0.5) is 4.79 Å². The molecule has 1 aromatic carbocycles. The molecular formula is C13H12Cl2N2O3. The third-order valence-electron chi connectivity index (χ3n) is 3.13. The summed E-state index contributed by atoms with van der Waals surface area (Å²) >= 11 is 11.9. The highest BCUT2D eigenvalue weighted by Gasteiger charge is 2.50. The molecule has 5 nitrogen and oxygen atoms in total. The van der Waals surface area contributed by atoms with Crippen LogP contribution in [0, 0.1) is 0 Å². The number of ketones is 1. The van der Waals surface area contributed by atoms with Gasteiger partial charge >= 0.3 is 6.03 Å². The van der Waals surface area contributed by atoms with Gasteiger partial charge in [-0.3, -0.25) is 14.5 Å². The molecule has 1 heterocycles. The van der Waals surface area contributed by atoms with Crippen LogP contribution >= 0.6 is 23.2 Å². The number of urea groups is 1. The van der Waals surface area contributed by atoms with E-state index in [9.17, 15) is 14.4 Å². The fourth-order valence-corrected chi connectivity index (χ4v) is 2.74. The van der Waals surface area contributed by atoms with Gasteiger partial charge in [0.15, 0.2) is 0 Å². The highest BCUT2D eigenvalue weighted by Crippen LogP contribution is 2.34. The second-order valence-electron chi connectivity index (χ2n) is 4.77. The summed E-state index contributed by atoms with van der Waals surface area (Å²) in [6, 6.07) is 4.05. The largest absolute Gasteiger partial charge is 0.325 e. The zero-order chi connectivity index (χ0) is 15.1. The van der Waals surface area contributed by atoms with Crippen molar-refractivity contribution in [2.75, 3.05) is 6.54 Å². The van der Waals surface area contributed by atoms with Gasteiger partial charge in [0.25, 0.3) is 5.91 Å². The van der Waals surface area contributed by atoms with E-state index in [0.29, 0.717) is 10.6 Å². The van der Waals surface area contributed by atoms with Gasteiger partial charge in [-0.2, -0.15) is 0 Å². The molecular weight excluding hydrogens is 303 g/mol. The highest BCUT2D eigenvalue weighted by molar-refractivity contribution is 6.35. The van der Waals surface area contributed by atoms with Crippen LogP contribution in [0.5, 0.6) is 0 Å². The summed E-state index contributed by atoms with van der Waals surface area (Å²) in [5.41, 5.74) is -0.859. The zero-order valence-corrected chi connectivity index (χ0v) is 12.4. The Bertz CT molecular complexity index is 618. The van der Waals surface area contributed by atoms with Crippen LogP contribution in [0.25, 0.3) is 0 Å². The molecule has 0 spiro atoms. The minimum atomic E-state index is -1.30. The summed E-state index contributed by atoms with van der Waals surface area (Å²) in [5.74, 6) is -0.790. The topological polar surface area (TPSA) is 66.5 Å². The first-order valence-corrected chi connectivity index (χ1v) is 6.60. The second-order valence-corrected chi connectivity index (χ2v) is 5.62. The third-order valence-corrected chi connectivity index (χ3v) is 3.67. The monoisotopic (exact) mass is 314 g/mol. The van der Waals surface area contributed by atoms with Crippen LogP contribution in [0.2, 0.25) is 10.0 Å². The fraction of sp³-hybridized carbons (Fsp3) is 0.308. The lowest BCUT2D eigenvalue weighted by Gasteiger charge is -2.23. The molecule has 3 amide bonds. The van der Waals surface area contributed by atoms with Crippen molar-refractivity contribution in [2.45, 2.75) is 19.4 Å². The number of hydrogen-bond acceptors (Lipinski definition) is 3. The summed E-state index contributed by atoms with van der Waals surface area (Å²) in [6.45, 7) is 2.60. The van der Waals surface area contributed by atoms with Crippen molar-refractivity contribution in [3.8, 4) is 0 Å². The van der Waals surface area contributed by atoms with Crippen LogP contribution in [0.1, 0.15) is 19.4 Å². The molecule has 1 atom stereocenters. The van der Waals surface area contributed by atoms with Gasteiger partial charge in [0.05, 0.1) is 6.54 Å². The van der Waals surface area contributed by atoms with E-state index < -0.39 is 17.5 Å². The normalized spacial score (nSPS) is 22.1. The second kappa shape index (κ2) is 5.07. The van der Waals surface area contributed by atoms with Crippen molar-refractivity contribution in [1.29, 1.82) is 0 Å². The molecule has 106 valence electrons. The number of nitrogens with one attached hydrogen (secondary N) is 1. The number of nitrogens with zero attached hydrogens (tertiary/aromatic N) is 1. The number of benzene rings is 1. The molecule has 1 aromatic rings. The van der Waals surface area contributed by atoms with Crippen LogP contribution in [0.15, 0.2) is 18.2 Å². The van der Waals surface area contributed by atoms with Gasteiger partial charge in [-0.25, -0.2) is 4.79 Å². The van der Waals surface area contributed by atoms with E-state index in [0.717, 1.165) is 4.90 Å². The molecule has 0 radical (unpaired) electrons.